The van der Waals surface area contributed by atoms with Crippen molar-refractivity contribution in [3.05, 3.63) is 34.9 Å². The van der Waals surface area contributed by atoms with E-state index in [1.807, 2.05) is 0 Å². The van der Waals surface area contributed by atoms with Gasteiger partial charge < -0.3 is 10.8 Å². The molecule has 0 aliphatic carbocycles. The Labute approximate surface area is 85.5 Å². The second-order valence-electron chi connectivity index (χ2n) is 3.84. The Hall–Kier alpha value is -1.49. The Morgan fingerprint density at radius 3 is 2.27 bits per heavy atom. The lowest BCUT2D eigenvalue weighted by Crippen LogP contribution is -2.30. The molecule has 0 heterocycles. The first-order chi connectivity index (χ1) is 6.73. The van der Waals surface area contributed by atoms with Crippen LogP contribution < -0.4 is 5.73 Å². The summed E-state index contributed by atoms with van der Waals surface area (Å²) in [4.78, 5) is 10.5. The molecule has 3 nitrogen and oxygen atoms in total. The molecule has 0 fully saturated rings. The summed E-state index contributed by atoms with van der Waals surface area (Å²) < 4.78 is 26.6. The van der Waals surface area contributed by atoms with Gasteiger partial charge in [-0.15, -0.1) is 0 Å². The van der Waals surface area contributed by atoms with Gasteiger partial charge in [0.25, 0.3) is 0 Å². The summed E-state index contributed by atoms with van der Waals surface area (Å²) in [7, 11) is 0. The highest BCUT2D eigenvalue weighted by atomic mass is 19.1. The minimum atomic E-state index is -1.51. The zero-order chi connectivity index (χ0) is 11.8. The maximum absolute atomic E-state index is 13.4. The Morgan fingerprint density at radius 1 is 1.33 bits per heavy atom. The average Bonchev–Trinajstić information content (AvgIpc) is 2.06. The van der Waals surface area contributed by atoms with Gasteiger partial charge in [-0.3, -0.25) is 0 Å². The van der Waals surface area contributed by atoms with Crippen LogP contribution in [0.2, 0.25) is 0 Å². The van der Waals surface area contributed by atoms with E-state index in [1.54, 1.807) is 0 Å². The maximum atomic E-state index is 13.4. The number of hydrogen-bond acceptors (Lipinski definition) is 2. The van der Waals surface area contributed by atoms with E-state index < -0.39 is 28.7 Å². The third kappa shape index (κ3) is 2.30. The quantitative estimate of drug-likeness (QED) is 0.791. The topological polar surface area (TPSA) is 63.3 Å². The largest absolute Gasteiger partial charge is 0.478 e. The van der Waals surface area contributed by atoms with Gasteiger partial charge >= 0.3 is 5.97 Å². The van der Waals surface area contributed by atoms with Gasteiger partial charge in [-0.05, 0) is 26.0 Å². The predicted molar refractivity (Wildman–Crippen MR) is 50.5 cm³/mol. The van der Waals surface area contributed by atoms with E-state index in [1.165, 1.54) is 13.8 Å². The summed E-state index contributed by atoms with van der Waals surface area (Å²) in [6, 6.07) is 1.46. The van der Waals surface area contributed by atoms with Crippen LogP contribution >= 0.6 is 0 Å². The van der Waals surface area contributed by atoms with Crippen molar-refractivity contribution in [3.63, 3.8) is 0 Å². The summed E-state index contributed by atoms with van der Waals surface area (Å²) in [6.07, 6.45) is 0. The van der Waals surface area contributed by atoms with E-state index in [0.717, 1.165) is 6.07 Å². The Balaban J connectivity index is 3.39. The monoisotopic (exact) mass is 215 g/mol. The first kappa shape index (κ1) is 11.6. The fraction of sp³-hybridized carbons (Fsp3) is 0.300. The van der Waals surface area contributed by atoms with Crippen molar-refractivity contribution in [2.75, 3.05) is 0 Å². The molecule has 0 saturated heterocycles. The summed E-state index contributed by atoms with van der Waals surface area (Å²) in [6.45, 7) is 3.01. The smallest absolute Gasteiger partial charge is 0.338 e. The van der Waals surface area contributed by atoms with Crippen LogP contribution in [-0.4, -0.2) is 11.1 Å². The predicted octanol–water partition coefficient (Wildman–Crippen LogP) is 1.86. The van der Waals surface area contributed by atoms with E-state index >= 15 is 0 Å². The van der Waals surface area contributed by atoms with Crippen molar-refractivity contribution in [2.45, 2.75) is 19.4 Å². The Morgan fingerprint density at radius 2 is 1.87 bits per heavy atom. The normalized spacial score (nSPS) is 11.5. The average molecular weight is 215 g/mol. The number of rotatable bonds is 2. The lowest BCUT2D eigenvalue weighted by atomic mass is 9.94. The van der Waals surface area contributed by atoms with Crippen LogP contribution in [0.25, 0.3) is 0 Å². The highest BCUT2D eigenvalue weighted by molar-refractivity contribution is 5.88. The molecule has 1 aromatic rings. The summed E-state index contributed by atoms with van der Waals surface area (Å²) in [5, 5.41) is 8.55. The number of carboxylic acid groups (broad SMARTS) is 1. The van der Waals surface area contributed by atoms with Gasteiger partial charge in [-0.25, -0.2) is 13.6 Å². The van der Waals surface area contributed by atoms with E-state index in [9.17, 15) is 13.6 Å². The minimum absolute atomic E-state index is 0.0509. The van der Waals surface area contributed by atoms with E-state index in [2.05, 4.69) is 0 Å². The fourth-order valence-electron chi connectivity index (χ4n) is 1.20. The van der Waals surface area contributed by atoms with Crippen LogP contribution in [0.4, 0.5) is 8.78 Å². The number of carboxylic acids is 1. The molecule has 0 spiro atoms. The molecule has 5 heteroatoms. The van der Waals surface area contributed by atoms with Crippen molar-refractivity contribution in [3.8, 4) is 0 Å². The lowest BCUT2D eigenvalue weighted by Gasteiger charge is -2.20. The van der Waals surface area contributed by atoms with Crippen LogP contribution in [0.5, 0.6) is 0 Å². The van der Waals surface area contributed by atoms with Gasteiger partial charge in [0.05, 0.1) is 5.56 Å². The molecule has 0 aliphatic heterocycles. The van der Waals surface area contributed by atoms with Crippen LogP contribution in [0.1, 0.15) is 29.8 Å². The fourth-order valence-corrected chi connectivity index (χ4v) is 1.20. The van der Waals surface area contributed by atoms with Crippen LogP contribution in [0.15, 0.2) is 12.1 Å². The lowest BCUT2D eigenvalue weighted by molar-refractivity contribution is 0.0691. The second kappa shape index (κ2) is 3.58. The van der Waals surface area contributed by atoms with Crippen molar-refractivity contribution in [1.29, 1.82) is 0 Å². The number of halogens is 2. The molecule has 0 saturated carbocycles. The molecular formula is C10H11F2NO2. The second-order valence-corrected chi connectivity index (χ2v) is 3.84. The number of benzene rings is 1. The number of aromatic carboxylic acids is 1. The molecule has 15 heavy (non-hydrogen) atoms. The summed E-state index contributed by atoms with van der Waals surface area (Å²) in [5.74, 6) is -3.31. The van der Waals surface area contributed by atoms with Crippen molar-refractivity contribution >= 4 is 5.97 Å². The Bertz CT molecular complexity index is 411. The van der Waals surface area contributed by atoms with Crippen molar-refractivity contribution < 1.29 is 18.7 Å². The Kier molecular flexibility index (Phi) is 2.77. The maximum Gasteiger partial charge on any atom is 0.338 e. The zero-order valence-electron chi connectivity index (χ0n) is 8.34. The van der Waals surface area contributed by atoms with Gasteiger partial charge in [0, 0.05) is 11.1 Å². The van der Waals surface area contributed by atoms with Gasteiger partial charge in [0.1, 0.15) is 11.6 Å². The van der Waals surface area contributed by atoms with Gasteiger partial charge in [-0.1, -0.05) is 0 Å². The van der Waals surface area contributed by atoms with Crippen LogP contribution in [0, 0.1) is 11.6 Å². The molecule has 0 aromatic heterocycles. The molecule has 3 N–H and O–H groups in total. The summed E-state index contributed by atoms with van der Waals surface area (Å²) in [5.41, 5.74) is 3.80. The first-order valence-electron chi connectivity index (χ1n) is 4.25. The van der Waals surface area contributed by atoms with Gasteiger partial charge in [0.15, 0.2) is 0 Å². The summed E-state index contributed by atoms with van der Waals surface area (Å²) >= 11 is 0. The molecular weight excluding hydrogens is 204 g/mol. The molecule has 0 radical (unpaired) electrons. The van der Waals surface area contributed by atoms with Crippen LogP contribution in [0.3, 0.4) is 0 Å². The number of nitrogens with two attached hydrogens (primary N) is 1. The molecule has 0 bridgehead atoms. The highest BCUT2D eigenvalue weighted by Crippen LogP contribution is 2.23. The molecule has 0 unspecified atom stereocenters. The number of carbonyl (C=O) groups is 1. The molecule has 82 valence electrons. The van der Waals surface area contributed by atoms with E-state index in [-0.39, 0.29) is 5.56 Å². The van der Waals surface area contributed by atoms with Crippen molar-refractivity contribution in [2.24, 2.45) is 5.73 Å². The third-order valence-electron chi connectivity index (χ3n) is 1.98. The van der Waals surface area contributed by atoms with Gasteiger partial charge in [0.2, 0.25) is 0 Å². The third-order valence-corrected chi connectivity index (χ3v) is 1.98. The molecule has 1 aromatic carbocycles. The standard InChI is InChI=1S/C10H11F2NO2/c1-10(2,13)6-4-7(11)5(9(14)15)3-8(6)12/h3-4H,13H2,1-2H3,(H,14,15). The molecule has 0 amide bonds. The van der Waals surface area contributed by atoms with E-state index in [4.69, 9.17) is 10.8 Å². The zero-order valence-corrected chi connectivity index (χ0v) is 8.34. The van der Waals surface area contributed by atoms with Crippen LogP contribution in [-0.2, 0) is 5.54 Å². The number of hydrogen-bond donors (Lipinski definition) is 2. The molecule has 1 rings (SSSR count). The molecule has 0 aliphatic rings. The van der Waals surface area contributed by atoms with Gasteiger partial charge in [-0.2, -0.15) is 0 Å². The molecule has 0 atom stereocenters. The SMILES string of the molecule is CC(C)(N)c1cc(F)c(C(=O)O)cc1F. The first-order valence-corrected chi connectivity index (χ1v) is 4.25. The highest BCUT2D eigenvalue weighted by Gasteiger charge is 2.23. The van der Waals surface area contributed by atoms with Crippen molar-refractivity contribution in [1.82, 2.24) is 0 Å². The minimum Gasteiger partial charge on any atom is -0.478 e. The van der Waals surface area contributed by atoms with E-state index in [0.29, 0.717) is 6.07 Å².